The standard InChI is InChI=1S/C18H26N6O/c1-13-20-5-8-24(13)11-14-2-6-23(7-3-14)17-10-16(21-18(19)22-17)15-4-9-25-12-15/h5,8,10,14-15H,2-4,6-7,9,11-12H2,1H3,(H2,19,21,22)/t15-/m1/s1. The first-order valence-electron chi connectivity index (χ1n) is 9.14. The predicted molar refractivity (Wildman–Crippen MR) is 96.5 cm³/mol. The Labute approximate surface area is 148 Å². The largest absolute Gasteiger partial charge is 0.381 e. The molecule has 2 aromatic rings. The molecule has 7 nitrogen and oxygen atoms in total. The first kappa shape index (κ1) is 16.3. The molecule has 0 amide bonds. The van der Waals surface area contributed by atoms with Gasteiger partial charge in [-0.2, -0.15) is 4.98 Å². The maximum absolute atomic E-state index is 5.97. The molecule has 2 N–H and O–H groups in total. The molecule has 2 fully saturated rings. The van der Waals surface area contributed by atoms with Gasteiger partial charge in [0.25, 0.3) is 0 Å². The van der Waals surface area contributed by atoms with Crippen LogP contribution in [-0.2, 0) is 11.3 Å². The van der Waals surface area contributed by atoms with Crippen molar-refractivity contribution in [3.05, 3.63) is 30.0 Å². The average molecular weight is 342 g/mol. The van der Waals surface area contributed by atoms with Gasteiger partial charge >= 0.3 is 0 Å². The molecule has 4 heterocycles. The zero-order chi connectivity index (χ0) is 17.2. The minimum atomic E-state index is 0.353. The van der Waals surface area contributed by atoms with E-state index in [9.17, 15) is 0 Å². The number of rotatable bonds is 4. The SMILES string of the molecule is Cc1nccn1CC1CCN(c2cc([C@@H]3CCOC3)nc(N)n2)CC1. The molecule has 0 unspecified atom stereocenters. The van der Waals surface area contributed by atoms with E-state index in [1.165, 1.54) is 0 Å². The Balaban J connectivity index is 1.41. The Bertz CT molecular complexity index is 716. The maximum atomic E-state index is 5.97. The minimum Gasteiger partial charge on any atom is -0.381 e. The molecule has 1 atom stereocenters. The third-order valence-corrected chi connectivity index (χ3v) is 5.41. The van der Waals surface area contributed by atoms with Gasteiger partial charge in [-0.25, -0.2) is 9.97 Å². The van der Waals surface area contributed by atoms with E-state index >= 15 is 0 Å². The molecule has 0 aromatic carbocycles. The van der Waals surface area contributed by atoms with E-state index in [0.717, 1.165) is 69.4 Å². The van der Waals surface area contributed by atoms with Crippen molar-refractivity contribution in [3.8, 4) is 0 Å². The highest BCUT2D eigenvalue weighted by Gasteiger charge is 2.24. The number of hydrogen-bond acceptors (Lipinski definition) is 6. The van der Waals surface area contributed by atoms with Crippen LogP contribution in [0.5, 0.6) is 0 Å². The zero-order valence-electron chi connectivity index (χ0n) is 14.8. The third kappa shape index (κ3) is 3.61. The number of piperidine rings is 1. The number of aryl methyl sites for hydroxylation is 1. The maximum Gasteiger partial charge on any atom is 0.222 e. The number of anilines is 2. The van der Waals surface area contributed by atoms with Crippen molar-refractivity contribution in [2.24, 2.45) is 5.92 Å². The topological polar surface area (TPSA) is 82.1 Å². The molecule has 0 aliphatic carbocycles. The average Bonchev–Trinajstić information content (AvgIpc) is 3.28. The fourth-order valence-electron chi connectivity index (χ4n) is 3.83. The molecule has 0 saturated carbocycles. The minimum absolute atomic E-state index is 0.353. The van der Waals surface area contributed by atoms with Crippen molar-refractivity contribution in [2.45, 2.75) is 38.6 Å². The molecule has 0 radical (unpaired) electrons. The van der Waals surface area contributed by atoms with E-state index in [1.807, 2.05) is 6.20 Å². The monoisotopic (exact) mass is 342 g/mol. The first-order valence-corrected chi connectivity index (χ1v) is 9.14. The van der Waals surface area contributed by atoms with E-state index in [4.69, 9.17) is 10.5 Å². The zero-order valence-corrected chi connectivity index (χ0v) is 14.8. The van der Waals surface area contributed by atoms with E-state index < -0.39 is 0 Å². The van der Waals surface area contributed by atoms with Crippen LogP contribution in [0.15, 0.2) is 18.5 Å². The lowest BCUT2D eigenvalue weighted by Crippen LogP contribution is -2.36. The Kier molecular flexibility index (Phi) is 4.57. The van der Waals surface area contributed by atoms with E-state index in [1.54, 1.807) is 0 Å². The number of nitrogen functional groups attached to an aromatic ring is 1. The Morgan fingerprint density at radius 1 is 1.24 bits per heavy atom. The van der Waals surface area contributed by atoms with Crippen molar-refractivity contribution < 1.29 is 4.74 Å². The van der Waals surface area contributed by atoms with Crippen LogP contribution in [0.2, 0.25) is 0 Å². The summed E-state index contributed by atoms with van der Waals surface area (Å²) in [6, 6.07) is 2.11. The van der Waals surface area contributed by atoms with Gasteiger partial charge in [-0.05, 0) is 32.1 Å². The summed E-state index contributed by atoms with van der Waals surface area (Å²) < 4.78 is 7.74. The molecule has 2 saturated heterocycles. The van der Waals surface area contributed by atoms with Crippen molar-refractivity contribution >= 4 is 11.8 Å². The van der Waals surface area contributed by atoms with Gasteiger partial charge in [0.05, 0.1) is 12.3 Å². The van der Waals surface area contributed by atoms with Crippen molar-refractivity contribution in [3.63, 3.8) is 0 Å². The summed E-state index contributed by atoms with van der Waals surface area (Å²) in [5, 5.41) is 0. The Morgan fingerprint density at radius 3 is 2.76 bits per heavy atom. The van der Waals surface area contributed by atoms with Gasteiger partial charge in [-0.3, -0.25) is 0 Å². The molecule has 7 heteroatoms. The van der Waals surface area contributed by atoms with Gasteiger partial charge in [0.1, 0.15) is 11.6 Å². The number of hydrogen-bond donors (Lipinski definition) is 1. The molecule has 2 aliphatic heterocycles. The predicted octanol–water partition coefficient (Wildman–Crippen LogP) is 1.98. The second-order valence-corrected chi connectivity index (χ2v) is 7.13. The number of nitrogens with two attached hydrogens (primary N) is 1. The highest BCUT2D eigenvalue weighted by Crippen LogP contribution is 2.29. The van der Waals surface area contributed by atoms with Gasteiger partial charge < -0.3 is 19.9 Å². The number of nitrogens with zero attached hydrogens (tertiary/aromatic N) is 5. The van der Waals surface area contributed by atoms with Crippen LogP contribution in [0, 0.1) is 12.8 Å². The molecular weight excluding hydrogens is 316 g/mol. The molecule has 0 spiro atoms. The summed E-state index contributed by atoms with van der Waals surface area (Å²) in [6.45, 7) is 6.68. The summed E-state index contributed by atoms with van der Waals surface area (Å²) in [5.41, 5.74) is 6.99. The van der Waals surface area contributed by atoms with E-state index in [0.29, 0.717) is 17.8 Å². The molecule has 134 valence electrons. The van der Waals surface area contributed by atoms with Crippen molar-refractivity contribution in [1.82, 2.24) is 19.5 Å². The Hall–Kier alpha value is -2.15. The summed E-state index contributed by atoms with van der Waals surface area (Å²) in [7, 11) is 0. The lowest BCUT2D eigenvalue weighted by Gasteiger charge is -2.33. The molecule has 2 aliphatic rings. The van der Waals surface area contributed by atoms with E-state index in [-0.39, 0.29) is 0 Å². The molecule has 0 bridgehead atoms. The van der Waals surface area contributed by atoms with Crippen LogP contribution in [-0.4, -0.2) is 45.8 Å². The van der Waals surface area contributed by atoms with Gasteiger partial charge in [0.2, 0.25) is 5.95 Å². The Morgan fingerprint density at radius 2 is 2.08 bits per heavy atom. The van der Waals surface area contributed by atoms with Crippen LogP contribution >= 0.6 is 0 Å². The van der Waals surface area contributed by atoms with Crippen LogP contribution in [0.3, 0.4) is 0 Å². The molecule has 25 heavy (non-hydrogen) atoms. The van der Waals surface area contributed by atoms with Gasteiger partial charge in [-0.1, -0.05) is 0 Å². The quantitative estimate of drug-likeness (QED) is 0.915. The highest BCUT2D eigenvalue weighted by molar-refractivity contribution is 5.44. The summed E-state index contributed by atoms with van der Waals surface area (Å²) in [5.74, 6) is 3.47. The molecular formula is C18H26N6O. The van der Waals surface area contributed by atoms with Crippen LogP contribution in [0.25, 0.3) is 0 Å². The van der Waals surface area contributed by atoms with Crippen molar-refractivity contribution in [2.75, 3.05) is 36.9 Å². The van der Waals surface area contributed by atoms with Gasteiger partial charge in [0.15, 0.2) is 0 Å². The summed E-state index contributed by atoms with van der Waals surface area (Å²) in [6.07, 6.45) is 7.28. The van der Waals surface area contributed by atoms with Gasteiger partial charge in [-0.15, -0.1) is 0 Å². The fourth-order valence-corrected chi connectivity index (χ4v) is 3.83. The fraction of sp³-hybridized carbons (Fsp3) is 0.611. The normalized spacial score (nSPS) is 21.8. The molecule has 2 aromatic heterocycles. The summed E-state index contributed by atoms with van der Waals surface area (Å²) >= 11 is 0. The summed E-state index contributed by atoms with van der Waals surface area (Å²) in [4.78, 5) is 15.6. The van der Waals surface area contributed by atoms with Crippen LogP contribution in [0.1, 0.15) is 36.7 Å². The van der Waals surface area contributed by atoms with Gasteiger partial charge in [0, 0.05) is 50.6 Å². The number of ether oxygens (including phenoxy) is 1. The van der Waals surface area contributed by atoms with Crippen LogP contribution in [0.4, 0.5) is 11.8 Å². The molecule has 4 rings (SSSR count). The second kappa shape index (κ2) is 7.00. The lowest BCUT2D eigenvalue weighted by atomic mass is 9.96. The smallest absolute Gasteiger partial charge is 0.222 e. The lowest BCUT2D eigenvalue weighted by molar-refractivity contribution is 0.193. The van der Waals surface area contributed by atoms with E-state index in [2.05, 4.69) is 43.6 Å². The number of aromatic nitrogens is 4. The third-order valence-electron chi connectivity index (χ3n) is 5.41. The highest BCUT2D eigenvalue weighted by atomic mass is 16.5. The first-order chi connectivity index (χ1) is 12.2. The van der Waals surface area contributed by atoms with Crippen LogP contribution < -0.4 is 10.6 Å². The number of imidazole rings is 1. The second-order valence-electron chi connectivity index (χ2n) is 7.13. The van der Waals surface area contributed by atoms with Crippen molar-refractivity contribution in [1.29, 1.82) is 0 Å².